The van der Waals surface area contributed by atoms with E-state index in [1.165, 1.54) is 20.9 Å². The van der Waals surface area contributed by atoms with Crippen LogP contribution in [0.5, 0.6) is 0 Å². The van der Waals surface area contributed by atoms with Crippen molar-refractivity contribution in [1.29, 1.82) is 0 Å². The molecule has 0 aliphatic heterocycles. The summed E-state index contributed by atoms with van der Waals surface area (Å²) in [6.45, 7) is 7.59. The van der Waals surface area contributed by atoms with Gasteiger partial charge >= 0.3 is 0 Å². The van der Waals surface area contributed by atoms with Crippen molar-refractivity contribution in [2.24, 2.45) is 0 Å². The highest BCUT2D eigenvalue weighted by Crippen LogP contribution is 2.20. The minimum Gasteiger partial charge on any atom is -0.309 e. The van der Waals surface area contributed by atoms with Gasteiger partial charge in [-0.15, -0.1) is 11.3 Å². The van der Waals surface area contributed by atoms with Crippen molar-refractivity contribution in [1.82, 2.24) is 5.32 Å². The maximum absolute atomic E-state index is 3.60. The van der Waals surface area contributed by atoms with Crippen molar-refractivity contribution >= 4 is 27.3 Å². The minimum absolute atomic E-state index is 0.490. The van der Waals surface area contributed by atoms with Crippen molar-refractivity contribution in [3.05, 3.63) is 55.7 Å². The van der Waals surface area contributed by atoms with E-state index in [1.807, 2.05) is 11.3 Å². The fraction of sp³-hybridized carbons (Fsp3) is 0.375. The zero-order valence-corrected chi connectivity index (χ0v) is 14.1. The highest BCUT2D eigenvalue weighted by Gasteiger charge is 2.05. The van der Waals surface area contributed by atoms with Crippen LogP contribution in [0.2, 0.25) is 0 Å². The third-order valence-corrected chi connectivity index (χ3v) is 4.98. The summed E-state index contributed by atoms with van der Waals surface area (Å²) >= 11 is 5.36. The predicted octanol–water partition coefficient (Wildman–Crippen LogP) is 4.85. The van der Waals surface area contributed by atoms with E-state index >= 15 is 0 Å². The van der Waals surface area contributed by atoms with Gasteiger partial charge in [0.1, 0.15) is 0 Å². The summed E-state index contributed by atoms with van der Waals surface area (Å²) in [5, 5.41) is 3.60. The number of hydrogen-bond acceptors (Lipinski definition) is 2. The van der Waals surface area contributed by atoms with Gasteiger partial charge in [0.25, 0.3) is 0 Å². The van der Waals surface area contributed by atoms with E-state index in [-0.39, 0.29) is 0 Å². The Labute approximate surface area is 128 Å². The highest BCUT2D eigenvalue weighted by molar-refractivity contribution is 9.10. The van der Waals surface area contributed by atoms with Crippen LogP contribution in [0.3, 0.4) is 0 Å². The third-order valence-electron chi connectivity index (χ3n) is 3.30. The van der Waals surface area contributed by atoms with Gasteiger partial charge in [0.05, 0.1) is 0 Å². The summed E-state index contributed by atoms with van der Waals surface area (Å²) in [6, 6.07) is 11.4. The predicted molar refractivity (Wildman–Crippen MR) is 87.9 cm³/mol. The third kappa shape index (κ3) is 4.44. The Morgan fingerprint density at radius 1 is 1.21 bits per heavy atom. The summed E-state index contributed by atoms with van der Waals surface area (Å²) < 4.78 is 1.14. The lowest BCUT2D eigenvalue weighted by Gasteiger charge is -2.13. The maximum atomic E-state index is 3.60. The first-order valence-electron chi connectivity index (χ1n) is 6.58. The summed E-state index contributed by atoms with van der Waals surface area (Å²) in [5.41, 5.74) is 2.78. The number of thiophene rings is 1. The van der Waals surface area contributed by atoms with Crippen LogP contribution in [0.15, 0.2) is 34.8 Å². The second-order valence-electron chi connectivity index (χ2n) is 5.06. The quantitative estimate of drug-likeness (QED) is 0.822. The SMILES string of the molecule is Cc1cc(CNC(C)Cc2ccc(Br)cc2)sc1C. The molecule has 0 saturated carbocycles. The van der Waals surface area contributed by atoms with E-state index in [2.05, 4.69) is 72.3 Å². The van der Waals surface area contributed by atoms with Crippen LogP contribution >= 0.6 is 27.3 Å². The van der Waals surface area contributed by atoms with Crippen molar-refractivity contribution in [3.8, 4) is 0 Å². The first-order chi connectivity index (χ1) is 9.04. The van der Waals surface area contributed by atoms with Crippen molar-refractivity contribution < 1.29 is 0 Å². The molecule has 0 saturated heterocycles. The zero-order chi connectivity index (χ0) is 13.8. The van der Waals surface area contributed by atoms with E-state index in [0.717, 1.165) is 17.4 Å². The number of hydrogen-bond donors (Lipinski definition) is 1. The van der Waals surface area contributed by atoms with Crippen molar-refractivity contribution in [2.45, 2.75) is 39.8 Å². The number of aryl methyl sites for hydroxylation is 2. The molecule has 3 heteroatoms. The average Bonchev–Trinajstić information content (AvgIpc) is 2.69. The Bertz CT molecular complexity index is 511. The smallest absolute Gasteiger partial charge is 0.0302 e. The van der Waals surface area contributed by atoms with Gasteiger partial charge in [0.15, 0.2) is 0 Å². The largest absolute Gasteiger partial charge is 0.309 e. The molecule has 0 fully saturated rings. The lowest BCUT2D eigenvalue weighted by Crippen LogP contribution is -2.27. The van der Waals surface area contributed by atoms with E-state index in [0.29, 0.717) is 6.04 Å². The minimum atomic E-state index is 0.490. The molecule has 102 valence electrons. The molecule has 0 aliphatic rings. The Kier molecular flexibility index (Phi) is 5.20. The van der Waals surface area contributed by atoms with Gasteiger partial charge in [-0.05, 0) is 56.5 Å². The van der Waals surface area contributed by atoms with Crippen LogP contribution in [0.25, 0.3) is 0 Å². The van der Waals surface area contributed by atoms with E-state index < -0.39 is 0 Å². The topological polar surface area (TPSA) is 12.0 Å². The number of benzene rings is 1. The van der Waals surface area contributed by atoms with E-state index in [1.54, 1.807) is 0 Å². The lowest BCUT2D eigenvalue weighted by atomic mass is 10.1. The second kappa shape index (κ2) is 6.69. The van der Waals surface area contributed by atoms with Crippen LogP contribution in [-0.4, -0.2) is 6.04 Å². The van der Waals surface area contributed by atoms with Crippen LogP contribution < -0.4 is 5.32 Å². The van der Waals surface area contributed by atoms with E-state index in [9.17, 15) is 0 Å². The van der Waals surface area contributed by atoms with Crippen LogP contribution in [-0.2, 0) is 13.0 Å². The molecular weight excluding hydrogens is 318 g/mol. The average molecular weight is 338 g/mol. The fourth-order valence-corrected chi connectivity index (χ4v) is 3.33. The normalized spacial score (nSPS) is 12.6. The van der Waals surface area contributed by atoms with Crippen molar-refractivity contribution in [2.75, 3.05) is 0 Å². The molecule has 0 aliphatic carbocycles. The first kappa shape index (κ1) is 14.8. The first-order valence-corrected chi connectivity index (χ1v) is 8.19. The van der Waals surface area contributed by atoms with Gasteiger partial charge in [0, 0.05) is 26.8 Å². The summed E-state index contributed by atoms with van der Waals surface area (Å²) in [5.74, 6) is 0. The monoisotopic (exact) mass is 337 g/mol. The summed E-state index contributed by atoms with van der Waals surface area (Å²) in [7, 11) is 0. The zero-order valence-electron chi connectivity index (χ0n) is 11.7. The van der Waals surface area contributed by atoms with Gasteiger partial charge in [-0.1, -0.05) is 28.1 Å². The lowest BCUT2D eigenvalue weighted by molar-refractivity contribution is 0.549. The number of nitrogens with one attached hydrogen (secondary N) is 1. The van der Waals surface area contributed by atoms with E-state index in [4.69, 9.17) is 0 Å². The Hall–Kier alpha value is -0.640. The standard InChI is InChI=1S/C16H20BrNS/c1-11-8-16(19-13(11)3)10-18-12(2)9-14-4-6-15(17)7-5-14/h4-8,12,18H,9-10H2,1-3H3. The fourth-order valence-electron chi connectivity index (χ4n) is 2.06. The Morgan fingerprint density at radius 2 is 1.89 bits per heavy atom. The molecule has 1 unspecified atom stereocenters. The number of rotatable bonds is 5. The van der Waals surface area contributed by atoms with Gasteiger partial charge in [-0.3, -0.25) is 0 Å². The molecule has 1 nitrogen and oxygen atoms in total. The van der Waals surface area contributed by atoms with Gasteiger partial charge in [-0.2, -0.15) is 0 Å². The second-order valence-corrected chi connectivity index (χ2v) is 7.32. The molecule has 0 radical (unpaired) electrons. The molecule has 1 aromatic carbocycles. The van der Waals surface area contributed by atoms with Crippen LogP contribution in [0, 0.1) is 13.8 Å². The summed E-state index contributed by atoms with van der Waals surface area (Å²) in [4.78, 5) is 2.86. The highest BCUT2D eigenvalue weighted by atomic mass is 79.9. The molecule has 0 bridgehead atoms. The Balaban J connectivity index is 1.84. The molecule has 2 aromatic rings. The molecule has 1 heterocycles. The molecule has 19 heavy (non-hydrogen) atoms. The molecular formula is C16H20BrNS. The molecule has 0 spiro atoms. The van der Waals surface area contributed by atoms with Crippen LogP contribution in [0.4, 0.5) is 0 Å². The van der Waals surface area contributed by atoms with Crippen LogP contribution in [0.1, 0.15) is 27.8 Å². The molecule has 2 rings (SSSR count). The van der Waals surface area contributed by atoms with Gasteiger partial charge < -0.3 is 5.32 Å². The summed E-state index contributed by atoms with van der Waals surface area (Å²) in [6.07, 6.45) is 1.07. The van der Waals surface area contributed by atoms with Crippen molar-refractivity contribution in [3.63, 3.8) is 0 Å². The van der Waals surface area contributed by atoms with Gasteiger partial charge in [0.2, 0.25) is 0 Å². The Morgan fingerprint density at radius 3 is 2.47 bits per heavy atom. The molecule has 1 aromatic heterocycles. The van der Waals surface area contributed by atoms with Gasteiger partial charge in [-0.25, -0.2) is 0 Å². The molecule has 0 amide bonds. The maximum Gasteiger partial charge on any atom is 0.0302 e. The number of halogens is 1. The molecule has 1 N–H and O–H groups in total. The molecule has 1 atom stereocenters.